The number of carbonyl (C=O) groups excluding carboxylic acids is 1. The van der Waals surface area contributed by atoms with E-state index in [0.717, 1.165) is 10.6 Å². The van der Waals surface area contributed by atoms with Crippen LogP contribution in [0.3, 0.4) is 0 Å². The third-order valence-corrected chi connectivity index (χ3v) is 4.33. The first-order chi connectivity index (χ1) is 9.31. The minimum absolute atomic E-state index is 0.119. The van der Waals surface area contributed by atoms with Crippen LogP contribution in [0, 0.1) is 12.3 Å². The summed E-state index contributed by atoms with van der Waals surface area (Å²) in [4.78, 5) is 12.9. The van der Waals surface area contributed by atoms with E-state index in [9.17, 15) is 4.79 Å². The average molecular weight is 287 g/mol. The fraction of sp³-hybridized carbons (Fsp3) is 0.133. The van der Waals surface area contributed by atoms with Crippen LogP contribution in [0.4, 0.5) is 0 Å². The molecule has 0 aliphatic heterocycles. The summed E-state index contributed by atoms with van der Waals surface area (Å²) in [6.45, 7) is 0.252. The maximum atomic E-state index is 12.0. The summed E-state index contributed by atoms with van der Waals surface area (Å²) in [5.41, 5.74) is 1.95. The molecule has 2 nitrogen and oxygen atoms in total. The number of hydrogen-bond donors (Lipinski definition) is 1. The highest BCUT2D eigenvalue weighted by Crippen LogP contribution is 2.26. The summed E-state index contributed by atoms with van der Waals surface area (Å²) in [5.74, 6) is 3.15. The van der Waals surface area contributed by atoms with E-state index in [-0.39, 0.29) is 12.5 Å². The third-order valence-electron chi connectivity index (χ3n) is 2.46. The van der Waals surface area contributed by atoms with Crippen LogP contribution in [0.2, 0.25) is 0 Å². The minimum Gasteiger partial charge on any atom is -0.341 e. The zero-order valence-corrected chi connectivity index (χ0v) is 11.9. The summed E-state index contributed by atoms with van der Waals surface area (Å²) < 4.78 is 0. The molecule has 0 spiro atoms. The standard InChI is InChI=1S/C15H13NOS2/c1-2-8-16-15(17)13-5-3-4-6-14(13)19-11-12-7-9-18-10-12/h1,3-7,9-10H,8,11H2,(H,16,17). The van der Waals surface area contributed by atoms with E-state index >= 15 is 0 Å². The van der Waals surface area contributed by atoms with Crippen molar-refractivity contribution in [2.24, 2.45) is 0 Å². The molecule has 0 aliphatic carbocycles. The molecule has 0 atom stereocenters. The zero-order chi connectivity index (χ0) is 13.5. The van der Waals surface area contributed by atoms with Crippen molar-refractivity contribution in [3.63, 3.8) is 0 Å². The summed E-state index contributed by atoms with van der Waals surface area (Å²) in [6, 6.07) is 9.68. The number of amides is 1. The van der Waals surface area contributed by atoms with Crippen molar-refractivity contribution in [3.8, 4) is 12.3 Å². The van der Waals surface area contributed by atoms with Crippen LogP contribution in [0.15, 0.2) is 46.0 Å². The first kappa shape index (κ1) is 13.7. The molecule has 0 aliphatic rings. The van der Waals surface area contributed by atoms with Crippen LogP contribution < -0.4 is 5.32 Å². The molecule has 0 saturated heterocycles. The lowest BCUT2D eigenvalue weighted by Crippen LogP contribution is -2.24. The predicted octanol–water partition coefficient (Wildman–Crippen LogP) is 3.40. The molecule has 4 heteroatoms. The average Bonchev–Trinajstić information content (AvgIpc) is 2.96. The molecule has 1 aromatic heterocycles. The van der Waals surface area contributed by atoms with Gasteiger partial charge in [-0.05, 0) is 34.5 Å². The van der Waals surface area contributed by atoms with E-state index in [1.807, 2.05) is 24.3 Å². The Morgan fingerprint density at radius 2 is 2.21 bits per heavy atom. The molecule has 1 amide bonds. The van der Waals surface area contributed by atoms with E-state index in [4.69, 9.17) is 6.42 Å². The van der Waals surface area contributed by atoms with Gasteiger partial charge in [-0.3, -0.25) is 4.79 Å². The van der Waals surface area contributed by atoms with Gasteiger partial charge in [0, 0.05) is 10.6 Å². The van der Waals surface area contributed by atoms with Crippen molar-refractivity contribution in [1.82, 2.24) is 5.32 Å². The highest BCUT2D eigenvalue weighted by Gasteiger charge is 2.10. The minimum atomic E-state index is -0.119. The van der Waals surface area contributed by atoms with Crippen LogP contribution in [-0.2, 0) is 5.75 Å². The number of benzene rings is 1. The highest BCUT2D eigenvalue weighted by molar-refractivity contribution is 7.98. The van der Waals surface area contributed by atoms with E-state index < -0.39 is 0 Å². The number of rotatable bonds is 5. The van der Waals surface area contributed by atoms with Gasteiger partial charge < -0.3 is 5.32 Å². The monoisotopic (exact) mass is 287 g/mol. The Morgan fingerprint density at radius 1 is 1.37 bits per heavy atom. The van der Waals surface area contributed by atoms with Gasteiger partial charge in [0.25, 0.3) is 5.91 Å². The van der Waals surface area contributed by atoms with E-state index in [1.165, 1.54) is 5.56 Å². The summed E-state index contributed by atoms with van der Waals surface area (Å²) in [6.07, 6.45) is 5.15. The zero-order valence-electron chi connectivity index (χ0n) is 10.3. The van der Waals surface area contributed by atoms with E-state index in [0.29, 0.717) is 5.56 Å². The number of carbonyl (C=O) groups is 1. The van der Waals surface area contributed by atoms with Crippen LogP contribution in [0.25, 0.3) is 0 Å². The number of thioether (sulfide) groups is 1. The van der Waals surface area contributed by atoms with Crippen molar-refractivity contribution in [2.75, 3.05) is 6.54 Å². The van der Waals surface area contributed by atoms with Crippen molar-refractivity contribution in [3.05, 3.63) is 52.2 Å². The maximum Gasteiger partial charge on any atom is 0.253 e. The molecule has 96 valence electrons. The Bertz CT molecular complexity index is 584. The molecule has 0 radical (unpaired) electrons. The largest absolute Gasteiger partial charge is 0.341 e. The van der Waals surface area contributed by atoms with Crippen LogP contribution in [0.5, 0.6) is 0 Å². The molecule has 1 aromatic carbocycles. The molecule has 1 N–H and O–H groups in total. The Hall–Kier alpha value is -1.70. The molecule has 1 heterocycles. The van der Waals surface area contributed by atoms with Crippen LogP contribution in [-0.4, -0.2) is 12.5 Å². The summed E-state index contributed by atoms with van der Waals surface area (Å²) >= 11 is 3.34. The molecule has 0 bridgehead atoms. The van der Waals surface area contributed by atoms with Gasteiger partial charge in [0.15, 0.2) is 0 Å². The predicted molar refractivity (Wildman–Crippen MR) is 81.5 cm³/mol. The van der Waals surface area contributed by atoms with Gasteiger partial charge >= 0.3 is 0 Å². The number of nitrogens with one attached hydrogen (secondary N) is 1. The van der Waals surface area contributed by atoms with Crippen LogP contribution in [0.1, 0.15) is 15.9 Å². The fourth-order valence-electron chi connectivity index (χ4n) is 1.54. The second kappa shape index (κ2) is 7.03. The molecule has 19 heavy (non-hydrogen) atoms. The Balaban J connectivity index is 2.08. The maximum absolute atomic E-state index is 12.0. The second-order valence-electron chi connectivity index (χ2n) is 3.80. The topological polar surface area (TPSA) is 29.1 Å². The third kappa shape index (κ3) is 3.88. The quantitative estimate of drug-likeness (QED) is 0.674. The SMILES string of the molecule is C#CCNC(=O)c1ccccc1SCc1ccsc1. The lowest BCUT2D eigenvalue weighted by molar-refractivity contribution is 0.0956. The van der Waals surface area contributed by atoms with Gasteiger partial charge in [0.1, 0.15) is 0 Å². The van der Waals surface area contributed by atoms with Crippen LogP contribution >= 0.6 is 23.1 Å². The lowest BCUT2D eigenvalue weighted by atomic mass is 10.2. The molecule has 0 unspecified atom stereocenters. The molecule has 0 fully saturated rings. The molecular formula is C15H13NOS2. The van der Waals surface area contributed by atoms with E-state index in [2.05, 4.69) is 28.1 Å². The fourth-order valence-corrected chi connectivity index (χ4v) is 3.31. The van der Waals surface area contributed by atoms with Gasteiger partial charge in [-0.25, -0.2) is 0 Å². The van der Waals surface area contributed by atoms with Gasteiger partial charge in [-0.1, -0.05) is 18.1 Å². The van der Waals surface area contributed by atoms with Gasteiger partial charge in [-0.15, -0.1) is 18.2 Å². The highest BCUT2D eigenvalue weighted by atomic mass is 32.2. The Kier molecular flexibility index (Phi) is 5.08. The first-order valence-corrected chi connectivity index (χ1v) is 7.68. The molecule has 2 rings (SSSR count). The Labute approximate surface area is 121 Å². The number of thiophene rings is 1. The molecular weight excluding hydrogens is 274 g/mol. The van der Waals surface area contributed by atoms with Crippen molar-refractivity contribution < 1.29 is 4.79 Å². The first-order valence-electron chi connectivity index (χ1n) is 5.76. The van der Waals surface area contributed by atoms with Gasteiger partial charge in [0.2, 0.25) is 0 Å². The normalized spacial score (nSPS) is 9.84. The van der Waals surface area contributed by atoms with E-state index in [1.54, 1.807) is 23.1 Å². The van der Waals surface area contributed by atoms with Crippen molar-refractivity contribution >= 4 is 29.0 Å². The molecule has 2 aromatic rings. The van der Waals surface area contributed by atoms with Gasteiger partial charge in [-0.2, -0.15) is 11.3 Å². The summed E-state index contributed by atoms with van der Waals surface area (Å²) in [5, 5.41) is 6.87. The summed E-state index contributed by atoms with van der Waals surface area (Å²) in [7, 11) is 0. The number of hydrogen-bond acceptors (Lipinski definition) is 3. The molecule has 0 saturated carbocycles. The van der Waals surface area contributed by atoms with Gasteiger partial charge in [0.05, 0.1) is 12.1 Å². The van der Waals surface area contributed by atoms with Crippen molar-refractivity contribution in [1.29, 1.82) is 0 Å². The van der Waals surface area contributed by atoms with Crippen molar-refractivity contribution in [2.45, 2.75) is 10.6 Å². The number of terminal acetylenes is 1. The smallest absolute Gasteiger partial charge is 0.253 e. The Morgan fingerprint density at radius 3 is 2.95 bits per heavy atom. The lowest BCUT2D eigenvalue weighted by Gasteiger charge is -2.08. The second-order valence-corrected chi connectivity index (χ2v) is 5.60.